The predicted octanol–water partition coefficient (Wildman–Crippen LogP) is 2.90. The van der Waals surface area contributed by atoms with Crippen molar-refractivity contribution in [1.82, 2.24) is 9.80 Å². The van der Waals surface area contributed by atoms with E-state index in [2.05, 4.69) is 0 Å². The molecule has 0 aliphatic carbocycles. The summed E-state index contributed by atoms with van der Waals surface area (Å²) < 4.78 is 10.9. The Labute approximate surface area is 190 Å². The summed E-state index contributed by atoms with van der Waals surface area (Å²) in [4.78, 5) is 41.1. The lowest BCUT2D eigenvalue weighted by molar-refractivity contribution is -0.164. The SMILES string of the molecule is CC(C)(C)OC(=O)[C@H]1CCN(C(=O)C2CCN(C(=O)OCc3ccccc3)CC2)[C@H](N)C1. The second kappa shape index (κ2) is 10.3. The monoisotopic (exact) mass is 445 g/mol. The highest BCUT2D eigenvalue weighted by Crippen LogP contribution is 2.28. The van der Waals surface area contributed by atoms with Crippen molar-refractivity contribution < 1.29 is 23.9 Å². The fourth-order valence-corrected chi connectivity index (χ4v) is 4.22. The van der Waals surface area contributed by atoms with Crippen LogP contribution in [0.15, 0.2) is 30.3 Å². The molecule has 0 saturated carbocycles. The number of esters is 1. The molecule has 2 amide bonds. The van der Waals surface area contributed by atoms with Crippen molar-refractivity contribution in [2.24, 2.45) is 17.6 Å². The van der Waals surface area contributed by atoms with Gasteiger partial charge >= 0.3 is 12.1 Å². The summed E-state index contributed by atoms with van der Waals surface area (Å²) >= 11 is 0. The van der Waals surface area contributed by atoms with Gasteiger partial charge < -0.3 is 25.0 Å². The molecule has 2 aliphatic rings. The first kappa shape index (κ1) is 24.0. The minimum atomic E-state index is -0.537. The Hall–Kier alpha value is -2.61. The normalized spacial score (nSPS) is 22.4. The maximum absolute atomic E-state index is 13.1. The van der Waals surface area contributed by atoms with Gasteiger partial charge in [-0.25, -0.2) is 4.79 Å². The zero-order chi connectivity index (χ0) is 23.3. The molecule has 0 unspecified atom stereocenters. The lowest BCUT2D eigenvalue weighted by atomic mass is 9.90. The van der Waals surface area contributed by atoms with Crippen molar-refractivity contribution in [2.45, 2.75) is 64.8 Å². The van der Waals surface area contributed by atoms with E-state index >= 15 is 0 Å². The molecule has 1 aromatic rings. The number of hydrogen-bond donors (Lipinski definition) is 1. The van der Waals surface area contributed by atoms with E-state index < -0.39 is 11.8 Å². The fraction of sp³-hybridized carbons (Fsp3) is 0.625. The van der Waals surface area contributed by atoms with Gasteiger partial charge in [0, 0.05) is 25.6 Å². The molecular formula is C24H35N3O5. The Morgan fingerprint density at radius 1 is 1.00 bits per heavy atom. The first-order valence-electron chi connectivity index (χ1n) is 11.4. The number of piperidine rings is 2. The van der Waals surface area contributed by atoms with Gasteiger partial charge in [0.2, 0.25) is 5.91 Å². The number of amides is 2. The minimum absolute atomic E-state index is 0.0115. The van der Waals surface area contributed by atoms with Crippen molar-refractivity contribution in [3.63, 3.8) is 0 Å². The zero-order valence-corrected chi connectivity index (χ0v) is 19.3. The van der Waals surface area contributed by atoms with E-state index in [1.54, 1.807) is 9.80 Å². The molecule has 2 atom stereocenters. The van der Waals surface area contributed by atoms with Crippen LogP contribution < -0.4 is 5.73 Å². The van der Waals surface area contributed by atoms with Gasteiger partial charge in [-0.1, -0.05) is 30.3 Å². The average Bonchev–Trinajstić information content (AvgIpc) is 2.76. The summed E-state index contributed by atoms with van der Waals surface area (Å²) in [6.45, 7) is 7.17. The van der Waals surface area contributed by atoms with Gasteiger partial charge in [-0.3, -0.25) is 9.59 Å². The number of benzene rings is 1. The number of nitrogens with two attached hydrogens (primary N) is 1. The molecule has 0 aromatic heterocycles. The summed E-state index contributed by atoms with van der Waals surface area (Å²) in [6, 6.07) is 9.54. The Balaban J connectivity index is 1.44. The highest BCUT2D eigenvalue weighted by molar-refractivity contribution is 5.80. The Bertz CT molecular complexity index is 800. The summed E-state index contributed by atoms with van der Waals surface area (Å²) in [5.41, 5.74) is 6.66. The van der Waals surface area contributed by atoms with Crippen LogP contribution in [0.5, 0.6) is 0 Å². The summed E-state index contributed by atoms with van der Waals surface area (Å²) in [7, 11) is 0. The van der Waals surface area contributed by atoms with Crippen LogP contribution >= 0.6 is 0 Å². The van der Waals surface area contributed by atoms with Gasteiger partial charge in [-0.05, 0) is 52.0 Å². The maximum Gasteiger partial charge on any atom is 0.410 e. The third-order valence-corrected chi connectivity index (χ3v) is 5.98. The molecule has 0 radical (unpaired) electrons. The molecule has 2 aliphatic heterocycles. The summed E-state index contributed by atoms with van der Waals surface area (Å²) in [5, 5.41) is 0. The van der Waals surface area contributed by atoms with Gasteiger partial charge in [0.05, 0.1) is 12.1 Å². The molecule has 32 heavy (non-hydrogen) atoms. The van der Waals surface area contributed by atoms with E-state index in [0.29, 0.717) is 45.3 Å². The van der Waals surface area contributed by atoms with Crippen LogP contribution in [0, 0.1) is 11.8 Å². The standard InChI is InChI=1S/C24H35N3O5/c1-24(2,3)32-22(29)19-11-14-27(20(25)15-19)21(28)18-9-12-26(13-10-18)23(30)31-16-17-7-5-4-6-8-17/h4-8,18-20H,9-16,25H2,1-3H3/t19-,20-/m0/s1. The van der Waals surface area contributed by atoms with Crippen LogP contribution in [-0.4, -0.2) is 59.2 Å². The Morgan fingerprint density at radius 2 is 1.62 bits per heavy atom. The molecule has 2 heterocycles. The van der Waals surface area contributed by atoms with E-state index in [-0.39, 0.29) is 36.4 Å². The van der Waals surface area contributed by atoms with Gasteiger partial charge in [-0.15, -0.1) is 0 Å². The minimum Gasteiger partial charge on any atom is -0.460 e. The van der Waals surface area contributed by atoms with Crippen LogP contribution in [0.3, 0.4) is 0 Å². The second-order valence-electron chi connectivity index (χ2n) is 9.66. The van der Waals surface area contributed by atoms with E-state index in [4.69, 9.17) is 15.2 Å². The first-order valence-corrected chi connectivity index (χ1v) is 11.4. The van der Waals surface area contributed by atoms with Gasteiger partial charge in [0.1, 0.15) is 12.2 Å². The molecule has 1 aromatic carbocycles. The molecule has 0 spiro atoms. The maximum atomic E-state index is 13.1. The molecule has 8 heteroatoms. The largest absolute Gasteiger partial charge is 0.460 e. The lowest BCUT2D eigenvalue weighted by Crippen LogP contribution is -2.55. The predicted molar refractivity (Wildman–Crippen MR) is 119 cm³/mol. The summed E-state index contributed by atoms with van der Waals surface area (Å²) in [5.74, 6) is -0.688. The molecule has 8 nitrogen and oxygen atoms in total. The quantitative estimate of drug-likeness (QED) is 0.715. The van der Waals surface area contributed by atoms with Gasteiger partial charge in [0.25, 0.3) is 0 Å². The van der Waals surface area contributed by atoms with Crippen LogP contribution in [0.2, 0.25) is 0 Å². The number of rotatable bonds is 4. The fourth-order valence-electron chi connectivity index (χ4n) is 4.22. The van der Waals surface area contributed by atoms with Crippen LogP contribution in [0.4, 0.5) is 4.79 Å². The highest BCUT2D eigenvalue weighted by Gasteiger charge is 2.38. The third-order valence-electron chi connectivity index (χ3n) is 5.98. The van der Waals surface area contributed by atoms with E-state index in [1.807, 2.05) is 51.1 Å². The lowest BCUT2D eigenvalue weighted by Gasteiger charge is -2.40. The number of carbonyl (C=O) groups is 3. The Kier molecular flexibility index (Phi) is 7.77. The van der Waals surface area contributed by atoms with Crippen molar-refractivity contribution in [3.8, 4) is 0 Å². The Morgan fingerprint density at radius 3 is 2.22 bits per heavy atom. The second-order valence-corrected chi connectivity index (χ2v) is 9.66. The number of carbonyl (C=O) groups excluding carboxylic acids is 3. The highest BCUT2D eigenvalue weighted by atomic mass is 16.6. The number of nitrogens with zero attached hydrogens (tertiary/aromatic N) is 2. The topological polar surface area (TPSA) is 102 Å². The van der Waals surface area contributed by atoms with Crippen molar-refractivity contribution >= 4 is 18.0 Å². The van der Waals surface area contributed by atoms with Gasteiger partial charge in [0.15, 0.2) is 0 Å². The van der Waals surface area contributed by atoms with Gasteiger partial charge in [-0.2, -0.15) is 0 Å². The zero-order valence-electron chi connectivity index (χ0n) is 19.3. The molecule has 3 rings (SSSR count). The van der Waals surface area contributed by atoms with Crippen LogP contribution in [0.1, 0.15) is 52.0 Å². The molecular weight excluding hydrogens is 410 g/mol. The van der Waals surface area contributed by atoms with E-state index in [9.17, 15) is 14.4 Å². The average molecular weight is 446 g/mol. The molecule has 176 valence electrons. The molecule has 0 bridgehead atoms. The summed E-state index contributed by atoms with van der Waals surface area (Å²) in [6.07, 6.45) is 1.28. The van der Waals surface area contributed by atoms with Crippen molar-refractivity contribution in [1.29, 1.82) is 0 Å². The number of likely N-dealkylation sites (tertiary alicyclic amines) is 2. The van der Waals surface area contributed by atoms with Crippen LogP contribution in [0.25, 0.3) is 0 Å². The van der Waals surface area contributed by atoms with Crippen molar-refractivity contribution in [2.75, 3.05) is 19.6 Å². The van der Waals surface area contributed by atoms with E-state index in [1.165, 1.54) is 0 Å². The van der Waals surface area contributed by atoms with Crippen LogP contribution in [-0.2, 0) is 25.7 Å². The first-order chi connectivity index (χ1) is 15.1. The number of ether oxygens (including phenoxy) is 2. The number of hydrogen-bond acceptors (Lipinski definition) is 6. The van der Waals surface area contributed by atoms with Crippen molar-refractivity contribution in [3.05, 3.63) is 35.9 Å². The molecule has 2 fully saturated rings. The van der Waals surface area contributed by atoms with E-state index in [0.717, 1.165) is 5.56 Å². The smallest absolute Gasteiger partial charge is 0.410 e. The third kappa shape index (κ3) is 6.45. The molecule has 2 saturated heterocycles. The molecule has 2 N–H and O–H groups in total.